The Balaban J connectivity index is 1.70. The minimum Gasteiger partial charge on any atom is -0.490 e. The molecule has 2 nitrogen and oxygen atoms in total. The second-order valence-electron chi connectivity index (χ2n) is 5.36. The van der Waals surface area contributed by atoms with Crippen LogP contribution in [-0.4, -0.2) is 17.8 Å². The van der Waals surface area contributed by atoms with Crippen LogP contribution in [0.25, 0.3) is 0 Å². The predicted molar refractivity (Wildman–Crippen MR) is 75.4 cm³/mol. The molecule has 1 aliphatic rings. The van der Waals surface area contributed by atoms with Crippen molar-refractivity contribution >= 4 is 0 Å². The van der Waals surface area contributed by atoms with Crippen molar-refractivity contribution in [3.05, 3.63) is 65.2 Å². The Hall–Kier alpha value is -1.94. The zero-order chi connectivity index (χ0) is 14.8. The normalized spacial score (nSPS) is 18.1. The number of halogens is 2. The highest BCUT2D eigenvalue weighted by molar-refractivity contribution is 5.38. The molecule has 0 saturated carbocycles. The van der Waals surface area contributed by atoms with E-state index in [1.54, 1.807) is 18.2 Å². The molecular weight excluding hydrogens is 274 g/mol. The Labute approximate surface area is 122 Å². The number of benzene rings is 2. The predicted octanol–water partition coefficient (Wildman–Crippen LogP) is 3.43. The highest BCUT2D eigenvalue weighted by atomic mass is 19.1. The van der Waals surface area contributed by atoms with Crippen molar-refractivity contribution in [2.75, 3.05) is 6.61 Å². The van der Waals surface area contributed by atoms with E-state index in [-0.39, 0.29) is 30.3 Å². The lowest BCUT2D eigenvalue weighted by atomic mass is 9.92. The van der Waals surface area contributed by atoms with Crippen LogP contribution in [0.4, 0.5) is 8.78 Å². The fourth-order valence-electron chi connectivity index (χ4n) is 2.79. The number of hydrogen-bond donors (Lipinski definition) is 1. The van der Waals surface area contributed by atoms with Gasteiger partial charge in [-0.1, -0.05) is 12.1 Å². The number of rotatable bonds is 4. The van der Waals surface area contributed by atoms with Crippen molar-refractivity contribution < 1.29 is 18.6 Å². The van der Waals surface area contributed by atoms with Gasteiger partial charge < -0.3 is 9.84 Å². The molecule has 0 amide bonds. The third-order valence-electron chi connectivity index (χ3n) is 3.87. The van der Waals surface area contributed by atoms with Crippen molar-refractivity contribution in [2.24, 2.45) is 0 Å². The van der Waals surface area contributed by atoms with Crippen LogP contribution in [0.15, 0.2) is 42.5 Å². The van der Waals surface area contributed by atoms with E-state index in [9.17, 15) is 13.9 Å². The average molecular weight is 290 g/mol. The van der Waals surface area contributed by atoms with Gasteiger partial charge in [0.05, 0.1) is 6.61 Å². The van der Waals surface area contributed by atoms with Crippen molar-refractivity contribution in [3.63, 3.8) is 0 Å². The second-order valence-corrected chi connectivity index (χ2v) is 5.36. The summed E-state index contributed by atoms with van der Waals surface area (Å²) in [5, 5.41) is 9.56. The smallest absolute Gasteiger partial charge is 0.123 e. The summed E-state index contributed by atoms with van der Waals surface area (Å²) in [4.78, 5) is 0. The first-order valence-electron chi connectivity index (χ1n) is 6.97. The molecule has 0 saturated heterocycles. The average Bonchev–Trinajstić information content (AvgIpc) is 2.87. The van der Waals surface area contributed by atoms with Gasteiger partial charge in [0.25, 0.3) is 0 Å². The zero-order valence-electron chi connectivity index (χ0n) is 11.4. The SMILES string of the molecule is OCC(CC1Cc2cc(F)ccc2O1)c1ccc(F)cc1. The van der Waals surface area contributed by atoms with E-state index in [0.717, 1.165) is 11.1 Å². The minimum atomic E-state index is -0.296. The maximum Gasteiger partial charge on any atom is 0.123 e. The first-order valence-corrected chi connectivity index (χ1v) is 6.97. The molecule has 110 valence electrons. The van der Waals surface area contributed by atoms with Gasteiger partial charge in [0, 0.05) is 17.9 Å². The Bertz CT molecular complexity index is 625. The highest BCUT2D eigenvalue weighted by Crippen LogP contribution is 2.33. The molecule has 21 heavy (non-hydrogen) atoms. The lowest BCUT2D eigenvalue weighted by Gasteiger charge is -2.19. The van der Waals surface area contributed by atoms with Gasteiger partial charge in [0.2, 0.25) is 0 Å². The molecule has 2 aromatic carbocycles. The number of aliphatic hydroxyl groups excluding tert-OH is 1. The third kappa shape index (κ3) is 3.05. The maximum absolute atomic E-state index is 13.2. The summed E-state index contributed by atoms with van der Waals surface area (Å²) in [5.74, 6) is 0.0256. The van der Waals surface area contributed by atoms with Gasteiger partial charge in [0.1, 0.15) is 23.5 Å². The maximum atomic E-state index is 13.2. The Morgan fingerprint density at radius 3 is 2.52 bits per heavy atom. The van der Waals surface area contributed by atoms with Crippen LogP contribution in [0.1, 0.15) is 23.5 Å². The van der Waals surface area contributed by atoms with Gasteiger partial charge in [-0.25, -0.2) is 8.78 Å². The van der Waals surface area contributed by atoms with Crippen molar-refractivity contribution in [3.8, 4) is 5.75 Å². The van der Waals surface area contributed by atoms with Gasteiger partial charge in [-0.2, -0.15) is 0 Å². The van der Waals surface area contributed by atoms with Crippen molar-refractivity contribution in [1.29, 1.82) is 0 Å². The Kier molecular flexibility index (Phi) is 3.88. The highest BCUT2D eigenvalue weighted by Gasteiger charge is 2.26. The lowest BCUT2D eigenvalue weighted by molar-refractivity contribution is 0.179. The Morgan fingerprint density at radius 2 is 1.81 bits per heavy atom. The van der Waals surface area contributed by atoms with E-state index in [4.69, 9.17) is 4.74 Å². The number of aliphatic hydroxyl groups is 1. The summed E-state index contributed by atoms with van der Waals surface area (Å²) in [6.45, 7) is -0.0315. The van der Waals surface area contributed by atoms with E-state index in [0.29, 0.717) is 18.6 Å². The van der Waals surface area contributed by atoms with Crippen LogP contribution < -0.4 is 4.74 Å². The van der Waals surface area contributed by atoms with Crippen LogP contribution in [0, 0.1) is 11.6 Å². The molecule has 3 rings (SSSR count). The first kappa shape index (κ1) is 14.0. The quantitative estimate of drug-likeness (QED) is 0.934. The van der Waals surface area contributed by atoms with E-state index in [1.165, 1.54) is 24.3 Å². The largest absolute Gasteiger partial charge is 0.490 e. The molecule has 4 heteroatoms. The summed E-state index contributed by atoms with van der Waals surface area (Å²) in [6, 6.07) is 10.6. The molecule has 0 bridgehead atoms. The molecule has 1 heterocycles. The molecule has 0 fully saturated rings. The molecule has 0 spiro atoms. The molecule has 1 N–H and O–H groups in total. The number of ether oxygens (including phenoxy) is 1. The van der Waals surface area contributed by atoms with Crippen molar-refractivity contribution in [1.82, 2.24) is 0 Å². The van der Waals surface area contributed by atoms with Crippen LogP contribution >= 0.6 is 0 Å². The van der Waals surface area contributed by atoms with E-state index in [1.807, 2.05) is 0 Å². The van der Waals surface area contributed by atoms with Gasteiger partial charge in [-0.05, 0) is 42.3 Å². The monoisotopic (exact) mass is 290 g/mol. The second kappa shape index (κ2) is 5.82. The van der Waals surface area contributed by atoms with Gasteiger partial charge in [0.15, 0.2) is 0 Å². The minimum absolute atomic E-state index is 0.0315. The summed E-state index contributed by atoms with van der Waals surface area (Å²) in [7, 11) is 0. The van der Waals surface area contributed by atoms with Crippen LogP contribution in [-0.2, 0) is 6.42 Å². The third-order valence-corrected chi connectivity index (χ3v) is 3.87. The molecule has 0 radical (unpaired) electrons. The molecule has 1 aliphatic heterocycles. The summed E-state index contributed by atoms with van der Waals surface area (Å²) >= 11 is 0. The fraction of sp³-hybridized carbons (Fsp3) is 0.294. The van der Waals surface area contributed by atoms with E-state index in [2.05, 4.69) is 0 Å². The summed E-state index contributed by atoms with van der Waals surface area (Å²) < 4.78 is 31.9. The topological polar surface area (TPSA) is 29.5 Å². The van der Waals surface area contributed by atoms with E-state index >= 15 is 0 Å². The Morgan fingerprint density at radius 1 is 1.10 bits per heavy atom. The first-order chi connectivity index (χ1) is 10.2. The van der Waals surface area contributed by atoms with Crippen LogP contribution in [0.3, 0.4) is 0 Å². The molecule has 0 aliphatic carbocycles. The number of fused-ring (bicyclic) bond motifs is 1. The standard InChI is InChI=1S/C17H16F2O2/c18-14-3-1-11(2-4-14)13(10-20)9-16-8-12-7-15(19)5-6-17(12)21-16/h1-7,13,16,20H,8-10H2. The molecular formula is C17H16F2O2. The molecule has 2 atom stereocenters. The molecule has 2 unspecified atom stereocenters. The van der Waals surface area contributed by atoms with Gasteiger partial charge in [-0.15, -0.1) is 0 Å². The molecule has 2 aromatic rings. The van der Waals surface area contributed by atoms with Crippen molar-refractivity contribution in [2.45, 2.75) is 24.9 Å². The van der Waals surface area contributed by atoms with Crippen LogP contribution in [0.5, 0.6) is 5.75 Å². The molecule has 0 aromatic heterocycles. The van der Waals surface area contributed by atoms with Gasteiger partial charge >= 0.3 is 0 Å². The summed E-state index contributed by atoms with van der Waals surface area (Å²) in [6.07, 6.45) is 1.15. The zero-order valence-corrected chi connectivity index (χ0v) is 11.4. The number of hydrogen-bond acceptors (Lipinski definition) is 2. The van der Waals surface area contributed by atoms with Crippen LogP contribution in [0.2, 0.25) is 0 Å². The fourth-order valence-corrected chi connectivity index (χ4v) is 2.79. The summed E-state index contributed by atoms with van der Waals surface area (Å²) in [5.41, 5.74) is 1.74. The lowest BCUT2D eigenvalue weighted by Crippen LogP contribution is -2.19. The van der Waals surface area contributed by atoms with Gasteiger partial charge in [-0.3, -0.25) is 0 Å². The van der Waals surface area contributed by atoms with E-state index < -0.39 is 0 Å².